The van der Waals surface area contributed by atoms with Gasteiger partial charge < -0.3 is 20.9 Å². The zero-order valence-electron chi connectivity index (χ0n) is 18.7. The van der Waals surface area contributed by atoms with Crippen LogP contribution in [0.25, 0.3) is 5.82 Å². The van der Waals surface area contributed by atoms with Gasteiger partial charge in [-0.3, -0.25) is 14.7 Å². The Morgan fingerprint density at radius 1 is 1.03 bits per heavy atom. The third-order valence-electron chi connectivity index (χ3n) is 6.22. The Kier molecular flexibility index (Phi) is 6.13. The number of thiophene rings is 1. The summed E-state index contributed by atoms with van der Waals surface area (Å²) < 4.78 is 0.974. The fourth-order valence-electron chi connectivity index (χ4n) is 4.15. The normalized spacial score (nSPS) is 16.9. The number of carbonyl (C=O) groups is 1. The summed E-state index contributed by atoms with van der Waals surface area (Å²) in [5.41, 5.74) is 9.92. The van der Waals surface area contributed by atoms with Crippen molar-refractivity contribution in [1.82, 2.24) is 9.80 Å². The number of anilines is 2. The van der Waals surface area contributed by atoms with E-state index in [9.17, 15) is 4.79 Å². The minimum atomic E-state index is -0.115. The van der Waals surface area contributed by atoms with Crippen molar-refractivity contribution in [1.29, 1.82) is 0 Å². The first-order chi connectivity index (χ1) is 16.1. The highest BCUT2D eigenvalue weighted by Gasteiger charge is 2.16. The molecule has 1 amide bonds. The summed E-state index contributed by atoms with van der Waals surface area (Å²) in [5.74, 6) is 0.588. The molecule has 0 saturated carbocycles. The zero-order chi connectivity index (χ0) is 22.8. The van der Waals surface area contributed by atoms with Crippen LogP contribution >= 0.6 is 11.3 Å². The van der Waals surface area contributed by atoms with Crippen molar-refractivity contribution in [2.45, 2.75) is 6.54 Å². The van der Waals surface area contributed by atoms with E-state index < -0.39 is 0 Å². The van der Waals surface area contributed by atoms with Gasteiger partial charge in [0.2, 0.25) is 0 Å². The number of hydrogen-bond donors (Lipinski definition) is 2. The first kappa shape index (κ1) is 21.6. The number of piperazine rings is 1. The lowest BCUT2D eigenvalue weighted by Crippen LogP contribution is -2.43. The molecule has 0 unspecified atom stereocenters. The Hall–Kier alpha value is -3.20. The monoisotopic (exact) mass is 460 g/mol. The first-order valence-corrected chi connectivity index (χ1v) is 12.0. The summed E-state index contributed by atoms with van der Waals surface area (Å²) in [6, 6.07) is 17.6. The van der Waals surface area contributed by atoms with E-state index in [1.807, 2.05) is 64.9 Å². The number of likely N-dealkylation sites (N-methyl/N-ethyl adjacent to an activating group) is 1. The van der Waals surface area contributed by atoms with E-state index in [1.54, 1.807) is 11.3 Å². The number of fused-ring (bicyclic) bond motifs is 1. The zero-order valence-corrected chi connectivity index (χ0v) is 19.5. The topological polar surface area (TPSA) is 77.2 Å². The predicted octanol–water partition coefficient (Wildman–Crippen LogP) is 1.87. The molecule has 5 rings (SSSR count). The lowest BCUT2D eigenvalue weighted by atomic mass is 10.1. The maximum absolute atomic E-state index is 12.7. The number of amides is 1. The number of carbonyl (C=O) groups excluding carboxylic acids is 1. The smallest absolute Gasteiger partial charge is 0.255 e. The standard InChI is InChI=1S/C25H28N6OS/c1-29-11-13-30(14-12-29)16-18-2-4-19(5-3-18)24(32)28-20-6-8-21(9-7-20)31-17-27-25-22(23(31)26)10-15-33-25/h2-10,15H,11-14,16-17,26H2,1H3,(H,28,32). The average molecular weight is 461 g/mol. The van der Waals surface area contributed by atoms with Gasteiger partial charge in [0.25, 0.3) is 5.91 Å². The van der Waals surface area contributed by atoms with Crippen molar-refractivity contribution >= 4 is 34.4 Å². The van der Waals surface area contributed by atoms with Gasteiger partial charge in [0.15, 0.2) is 0 Å². The molecule has 3 heterocycles. The lowest BCUT2D eigenvalue weighted by molar-refractivity contribution is 0.102. The van der Waals surface area contributed by atoms with Crippen LogP contribution in [0.1, 0.15) is 15.9 Å². The van der Waals surface area contributed by atoms with Gasteiger partial charge in [-0.15, -0.1) is 11.3 Å². The van der Waals surface area contributed by atoms with Gasteiger partial charge in [-0.05, 0) is 60.5 Å². The molecule has 7 nitrogen and oxygen atoms in total. The summed E-state index contributed by atoms with van der Waals surface area (Å²) in [5, 5.41) is 5.96. The molecule has 2 aliphatic rings. The fourth-order valence-corrected chi connectivity index (χ4v) is 4.91. The second-order valence-electron chi connectivity index (χ2n) is 8.53. The van der Waals surface area contributed by atoms with Gasteiger partial charge >= 0.3 is 0 Å². The van der Waals surface area contributed by atoms with E-state index in [2.05, 4.69) is 27.2 Å². The molecule has 8 heteroatoms. The number of hydrogen-bond acceptors (Lipinski definition) is 7. The average Bonchev–Trinajstić information content (AvgIpc) is 3.32. The SMILES string of the molecule is CN1CCN(Cc2ccc(C(=O)Nc3ccc(N4CN=c5sccc5=C4N)cc3)cc2)CC1. The van der Waals surface area contributed by atoms with Crippen molar-refractivity contribution in [2.24, 2.45) is 10.7 Å². The molecule has 0 aliphatic carbocycles. The van der Waals surface area contributed by atoms with Crippen molar-refractivity contribution < 1.29 is 4.79 Å². The van der Waals surface area contributed by atoms with Gasteiger partial charge in [-0.2, -0.15) is 0 Å². The molecule has 0 spiro atoms. The van der Waals surface area contributed by atoms with Crippen molar-refractivity contribution in [3.8, 4) is 0 Å². The summed E-state index contributed by atoms with van der Waals surface area (Å²) in [6.07, 6.45) is 0. The number of nitrogens with one attached hydrogen (secondary N) is 1. The van der Waals surface area contributed by atoms with Crippen LogP contribution in [0.4, 0.5) is 11.4 Å². The van der Waals surface area contributed by atoms with Gasteiger partial charge in [0, 0.05) is 49.7 Å². The van der Waals surface area contributed by atoms with Crippen molar-refractivity contribution in [3.05, 3.63) is 81.0 Å². The highest BCUT2D eigenvalue weighted by atomic mass is 32.1. The van der Waals surface area contributed by atoms with E-state index in [0.29, 0.717) is 18.1 Å². The molecular formula is C25H28N6OS. The van der Waals surface area contributed by atoms with Gasteiger partial charge in [0.1, 0.15) is 17.2 Å². The Morgan fingerprint density at radius 2 is 1.76 bits per heavy atom. The fraction of sp³-hybridized carbons (Fsp3) is 0.280. The van der Waals surface area contributed by atoms with Crippen LogP contribution in [0.3, 0.4) is 0 Å². The molecule has 170 valence electrons. The van der Waals surface area contributed by atoms with E-state index in [4.69, 9.17) is 5.73 Å². The Bertz CT molecular complexity index is 1240. The number of benzene rings is 2. The summed E-state index contributed by atoms with van der Waals surface area (Å²) >= 11 is 1.60. The van der Waals surface area contributed by atoms with Crippen molar-refractivity contribution in [2.75, 3.05) is 50.1 Å². The molecule has 3 N–H and O–H groups in total. The maximum atomic E-state index is 12.7. The second kappa shape index (κ2) is 9.35. The molecule has 1 saturated heterocycles. The van der Waals surface area contributed by atoms with E-state index >= 15 is 0 Å². The predicted molar refractivity (Wildman–Crippen MR) is 134 cm³/mol. The number of nitrogens with zero attached hydrogens (tertiary/aromatic N) is 4. The molecule has 0 bridgehead atoms. The first-order valence-electron chi connectivity index (χ1n) is 11.1. The van der Waals surface area contributed by atoms with Crippen LogP contribution in [0.5, 0.6) is 0 Å². The largest absolute Gasteiger partial charge is 0.384 e. The number of nitrogens with two attached hydrogens (primary N) is 1. The van der Waals surface area contributed by atoms with E-state index in [1.165, 1.54) is 5.56 Å². The summed E-state index contributed by atoms with van der Waals surface area (Å²) in [6.45, 7) is 5.78. The lowest BCUT2D eigenvalue weighted by Gasteiger charge is -2.32. The van der Waals surface area contributed by atoms with Crippen LogP contribution in [0, 0.1) is 0 Å². The highest BCUT2D eigenvalue weighted by molar-refractivity contribution is 7.07. The Balaban J connectivity index is 1.20. The quantitative estimate of drug-likeness (QED) is 0.608. The Labute approximate surface area is 197 Å². The highest BCUT2D eigenvalue weighted by Crippen LogP contribution is 2.21. The minimum Gasteiger partial charge on any atom is -0.384 e. The van der Waals surface area contributed by atoms with E-state index in [0.717, 1.165) is 54.0 Å². The second-order valence-corrected chi connectivity index (χ2v) is 9.42. The van der Waals surface area contributed by atoms with Crippen LogP contribution in [-0.4, -0.2) is 55.6 Å². The molecule has 0 radical (unpaired) electrons. The number of rotatable bonds is 5. The van der Waals surface area contributed by atoms with Gasteiger partial charge in [0.05, 0.1) is 5.22 Å². The van der Waals surface area contributed by atoms with Crippen LogP contribution in [0.2, 0.25) is 0 Å². The third-order valence-corrected chi connectivity index (χ3v) is 7.07. The van der Waals surface area contributed by atoms with Crippen LogP contribution in [0.15, 0.2) is 65.0 Å². The van der Waals surface area contributed by atoms with Crippen LogP contribution in [-0.2, 0) is 6.54 Å². The van der Waals surface area contributed by atoms with Crippen molar-refractivity contribution in [3.63, 3.8) is 0 Å². The minimum absolute atomic E-state index is 0.115. The van der Waals surface area contributed by atoms with E-state index in [-0.39, 0.29) is 5.91 Å². The Morgan fingerprint density at radius 3 is 2.48 bits per heavy atom. The molecule has 1 fully saturated rings. The molecule has 33 heavy (non-hydrogen) atoms. The van der Waals surface area contributed by atoms with Crippen LogP contribution < -0.4 is 25.8 Å². The molecular weight excluding hydrogens is 432 g/mol. The molecule has 2 aromatic carbocycles. The summed E-state index contributed by atoms with van der Waals surface area (Å²) in [7, 11) is 2.16. The molecule has 3 aromatic rings. The maximum Gasteiger partial charge on any atom is 0.255 e. The van der Waals surface area contributed by atoms with Gasteiger partial charge in [-0.1, -0.05) is 12.1 Å². The van der Waals surface area contributed by atoms with Gasteiger partial charge in [-0.25, -0.2) is 0 Å². The molecule has 0 atom stereocenters. The molecule has 1 aromatic heterocycles. The molecule has 2 aliphatic heterocycles. The summed E-state index contributed by atoms with van der Waals surface area (Å²) in [4.78, 5) is 24.1. The third kappa shape index (κ3) is 4.78.